The number of rotatable bonds is 5. The predicted molar refractivity (Wildman–Crippen MR) is 83.4 cm³/mol. The maximum atomic E-state index is 3.33. The molecular weight excluding hydrogens is 232 g/mol. The van der Waals surface area contributed by atoms with E-state index in [1.165, 1.54) is 11.3 Å². The summed E-state index contributed by atoms with van der Waals surface area (Å²) < 4.78 is 0. The molecule has 0 aromatic heterocycles. The van der Waals surface area contributed by atoms with Crippen LogP contribution in [-0.4, -0.2) is 6.54 Å². The fourth-order valence-corrected chi connectivity index (χ4v) is 1.95. The Morgan fingerprint density at radius 3 is 2.37 bits per heavy atom. The van der Waals surface area contributed by atoms with Crippen LogP contribution in [0.15, 0.2) is 67.0 Å². The molecular formula is C17H20N2. The first-order valence-electron chi connectivity index (χ1n) is 6.62. The molecule has 98 valence electrons. The van der Waals surface area contributed by atoms with Gasteiger partial charge < -0.3 is 10.2 Å². The molecule has 2 heteroatoms. The molecule has 1 N–H and O–H groups in total. The maximum Gasteiger partial charge on any atom is 0.0409 e. The molecule has 0 amide bonds. The molecule has 2 nitrogen and oxygen atoms in total. The van der Waals surface area contributed by atoms with Crippen LogP contribution in [0.1, 0.15) is 12.5 Å². The average Bonchev–Trinajstić information content (AvgIpc) is 2.46. The van der Waals surface area contributed by atoms with Crippen molar-refractivity contribution in [1.29, 1.82) is 0 Å². The summed E-state index contributed by atoms with van der Waals surface area (Å²) in [6, 6.07) is 18.6. The Morgan fingerprint density at radius 1 is 1.00 bits per heavy atom. The lowest BCUT2D eigenvalue weighted by atomic mass is 10.2. The topological polar surface area (TPSA) is 15.3 Å². The number of anilines is 2. The molecule has 0 heterocycles. The fourth-order valence-electron chi connectivity index (χ4n) is 1.95. The van der Waals surface area contributed by atoms with E-state index in [0.29, 0.717) is 0 Å². The lowest BCUT2D eigenvalue weighted by Crippen LogP contribution is -2.15. The van der Waals surface area contributed by atoms with Gasteiger partial charge in [-0.25, -0.2) is 0 Å². The molecule has 19 heavy (non-hydrogen) atoms. The second kappa shape index (κ2) is 6.64. The molecule has 0 radical (unpaired) electrons. The molecule has 0 aliphatic rings. The van der Waals surface area contributed by atoms with Gasteiger partial charge in [-0.15, -0.1) is 0 Å². The van der Waals surface area contributed by atoms with Gasteiger partial charge in [-0.3, -0.25) is 0 Å². The van der Waals surface area contributed by atoms with Crippen molar-refractivity contribution < 1.29 is 0 Å². The monoisotopic (exact) mass is 252 g/mol. The Balaban J connectivity index is 2.03. The number of benzene rings is 2. The van der Waals surface area contributed by atoms with Gasteiger partial charge in [0.15, 0.2) is 0 Å². The molecule has 0 aliphatic carbocycles. The second-order valence-corrected chi connectivity index (χ2v) is 4.40. The van der Waals surface area contributed by atoms with E-state index in [1.54, 1.807) is 0 Å². The van der Waals surface area contributed by atoms with Crippen LogP contribution in [0.5, 0.6) is 0 Å². The van der Waals surface area contributed by atoms with Gasteiger partial charge in [-0.05, 0) is 37.6 Å². The van der Waals surface area contributed by atoms with E-state index in [4.69, 9.17) is 0 Å². The van der Waals surface area contributed by atoms with Crippen molar-refractivity contribution in [2.75, 3.05) is 16.8 Å². The summed E-state index contributed by atoms with van der Waals surface area (Å²) in [4.78, 5) is 2.20. The van der Waals surface area contributed by atoms with Gasteiger partial charge in [0, 0.05) is 30.3 Å². The van der Waals surface area contributed by atoms with Crippen molar-refractivity contribution in [2.45, 2.75) is 13.8 Å². The number of nitrogens with one attached hydrogen (secondary N) is 1. The molecule has 0 aliphatic heterocycles. The third-order valence-electron chi connectivity index (χ3n) is 3.07. The molecule has 0 fully saturated rings. The molecule has 0 saturated carbocycles. The Labute approximate surface area is 115 Å². The first-order chi connectivity index (χ1) is 9.31. The first-order valence-corrected chi connectivity index (χ1v) is 6.62. The number of para-hydroxylation sites is 2. The molecule has 0 saturated heterocycles. The van der Waals surface area contributed by atoms with Crippen molar-refractivity contribution in [2.24, 2.45) is 0 Å². The highest BCUT2D eigenvalue weighted by Crippen LogP contribution is 2.15. The minimum Gasteiger partial charge on any atom is -0.360 e. The standard InChI is InChI=1S/C17H20N2/c1-3-19(16-10-5-4-6-11-16)14-13-18-17-12-8-7-9-15(17)2/h4-14,18H,3H2,1-2H3/b14-13-. The van der Waals surface area contributed by atoms with Gasteiger partial charge in [-0.2, -0.15) is 0 Å². The summed E-state index contributed by atoms with van der Waals surface area (Å²) in [7, 11) is 0. The van der Waals surface area contributed by atoms with E-state index in [1.807, 2.05) is 24.4 Å². The minimum atomic E-state index is 0.940. The molecule has 2 aromatic rings. The average molecular weight is 252 g/mol. The van der Waals surface area contributed by atoms with Crippen LogP contribution in [0.2, 0.25) is 0 Å². The predicted octanol–water partition coefficient (Wildman–Crippen LogP) is 4.40. The van der Waals surface area contributed by atoms with Crippen LogP contribution in [0.25, 0.3) is 0 Å². The minimum absolute atomic E-state index is 0.940. The van der Waals surface area contributed by atoms with E-state index in [-0.39, 0.29) is 0 Å². The third-order valence-corrected chi connectivity index (χ3v) is 3.07. The summed E-state index contributed by atoms with van der Waals surface area (Å²) in [5.41, 5.74) is 3.59. The second-order valence-electron chi connectivity index (χ2n) is 4.40. The van der Waals surface area contributed by atoms with Gasteiger partial charge in [0.2, 0.25) is 0 Å². The summed E-state index contributed by atoms with van der Waals surface area (Å²) in [5.74, 6) is 0. The van der Waals surface area contributed by atoms with Gasteiger partial charge in [0.1, 0.15) is 0 Å². The van der Waals surface area contributed by atoms with Crippen LogP contribution in [0.3, 0.4) is 0 Å². The van der Waals surface area contributed by atoms with E-state index in [2.05, 4.69) is 66.7 Å². The smallest absolute Gasteiger partial charge is 0.0409 e. The fraction of sp³-hybridized carbons (Fsp3) is 0.176. The Bertz CT molecular complexity index is 532. The third kappa shape index (κ3) is 3.62. The zero-order valence-corrected chi connectivity index (χ0v) is 11.5. The van der Waals surface area contributed by atoms with Crippen molar-refractivity contribution in [3.8, 4) is 0 Å². The quantitative estimate of drug-likeness (QED) is 0.848. The number of hydrogen-bond acceptors (Lipinski definition) is 2. The van der Waals surface area contributed by atoms with Crippen molar-refractivity contribution in [1.82, 2.24) is 0 Å². The highest BCUT2D eigenvalue weighted by Gasteiger charge is 1.98. The normalized spacial score (nSPS) is 10.6. The summed E-state index contributed by atoms with van der Waals surface area (Å²) >= 11 is 0. The molecule has 2 rings (SSSR count). The summed E-state index contributed by atoms with van der Waals surface area (Å²) in [6.07, 6.45) is 4.06. The molecule has 0 unspecified atom stereocenters. The number of nitrogens with zero attached hydrogens (tertiary/aromatic N) is 1. The van der Waals surface area contributed by atoms with E-state index < -0.39 is 0 Å². The SMILES string of the molecule is CCN(/C=C\Nc1ccccc1C)c1ccccc1. The van der Waals surface area contributed by atoms with Crippen molar-refractivity contribution >= 4 is 11.4 Å². The molecule has 0 bridgehead atoms. The van der Waals surface area contributed by atoms with Crippen LogP contribution in [0, 0.1) is 6.92 Å². The molecule has 2 aromatic carbocycles. The highest BCUT2D eigenvalue weighted by atomic mass is 15.1. The van der Waals surface area contributed by atoms with Crippen LogP contribution >= 0.6 is 0 Å². The van der Waals surface area contributed by atoms with Gasteiger partial charge in [0.05, 0.1) is 0 Å². The van der Waals surface area contributed by atoms with Gasteiger partial charge in [0.25, 0.3) is 0 Å². The molecule has 0 spiro atoms. The van der Waals surface area contributed by atoms with Crippen LogP contribution in [0.4, 0.5) is 11.4 Å². The largest absolute Gasteiger partial charge is 0.360 e. The first kappa shape index (κ1) is 13.2. The van der Waals surface area contributed by atoms with E-state index in [9.17, 15) is 0 Å². The lowest BCUT2D eigenvalue weighted by molar-refractivity contribution is 1.01. The maximum absolute atomic E-state index is 3.33. The lowest BCUT2D eigenvalue weighted by Gasteiger charge is -2.18. The Morgan fingerprint density at radius 2 is 1.68 bits per heavy atom. The Hall–Kier alpha value is -2.22. The van der Waals surface area contributed by atoms with Crippen LogP contribution < -0.4 is 10.2 Å². The molecule has 0 atom stereocenters. The zero-order chi connectivity index (χ0) is 13.5. The van der Waals surface area contributed by atoms with Crippen LogP contribution in [-0.2, 0) is 0 Å². The zero-order valence-electron chi connectivity index (χ0n) is 11.5. The number of hydrogen-bond donors (Lipinski definition) is 1. The van der Waals surface area contributed by atoms with E-state index in [0.717, 1.165) is 12.2 Å². The van der Waals surface area contributed by atoms with Gasteiger partial charge >= 0.3 is 0 Å². The Kier molecular flexibility index (Phi) is 4.62. The summed E-state index contributed by atoms with van der Waals surface area (Å²) in [5, 5.41) is 3.33. The van der Waals surface area contributed by atoms with E-state index >= 15 is 0 Å². The van der Waals surface area contributed by atoms with Gasteiger partial charge in [-0.1, -0.05) is 36.4 Å². The number of aryl methyl sites for hydroxylation is 1. The summed E-state index contributed by atoms with van der Waals surface area (Å²) in [6.45, 7) is 5.19. The van der Waals surface area contributed by atoms with Crippen molar-refractivity contribution in [3.05, 3.63) is 72.6 Å². The van der Waals surface area contributed by atoms with Crippen molar-refractivity contribution in [3.63, 3.8) is 0 Å². The highest BCUT2D eigenvalue weighted by molar-refractivity contribution is 5.53.